The molecule has 1 aromatic heterocycles. The van der Waals surface area contributed by atoms with E-state index in [2.05, 4.69) is 4.98 Å². The fourth-order valence-electron chi connectivity index (χ4n) is 2.66. The molecular weight excluding hydrogens is 293 g/mol. The second kappa shape index (κ2) is 6.16. The van der Waals surface area contributed by atoms with E-state index >= 15 is 0 Å². The lowest BCUT2D eigenvalue weighted by Gasteiger charge is -2.09. The number of esters is 1. The fourth-order valence-corrected chi connectivity index (χ4v) is 2.66. The lowest BCUT2D eigenvalue weighted by atomic mass is 10.0. The molecule has 1 heterocycles. The van der Waals surface area contributed by atoms with Crippen LogP contribution in [0.25, 0.3) is 10.9 Å². The van der Waals surface area contributed by atoms with Crippen molar-refractivity contribution in [2.75, 3.05) is 7.11 Å². The van der Waals surface area contributed by atoms with Crippen molar-refractivity contribution in [3.8, 4) is 0 Å². The van der Waals surface area contributed by atoms with Gasteiger partial charge >= 0.3 is 5.97 Å². The summed E-state index contributed by atoms with van der Waals surface area (Å²) in [6, 6.07) is 12.1. The van der Waals surface area contributed by atoms with Crippen LogP contribution in [-0.2, 0) is 11.2 Å². The van der Waals surface area contributed by atoms with Gasteiger partial charge in [0.25, 0.3) is 0 Å². The lowest BCUT2D eigenvalue weighted by Crippen LogP contribution is -2.04. The SMILES string of the molecule is COC(=O)c1ccc2cc(Cc3ccc(F)cc3)cnc2c1C. The molecule has 0 radical (unpaired) electrons. The molecule has 0 fully saturated rings. The minimum atomic E-state index is -0.360. The smallest absolute Gasteiger partial charge is 0.338 e. The molecule has 3 aromatic rings. The summed E-state index contributed by atoms with van der Waals surface area (Å²) >= 11 is 0. The molecule has 116 valence electrons. The molecule has 2 aromatic carbocycles. The summed E-state index contributed by atoms with van der Waals surface area (Å²) in [7, 11) is 1.37. The highest BCUT2D eigenvalue weighted by molar-refractivity contribution is 5.97. The summed E-state index contributed by atoms with van der Waals surface area (Å²) in [5.41, 5.74) is 4.18. The molecule has 23 heavy (non-hydrogen) atoms. The fraction of sp³-hybridized carbons (Fsp3) is 0.158. The second-order valence-corrected chi connectivity index (χ2v) is 5.45. The maximum Gasteiger partial charge on any atom is 0.338 e. The van der Waals surface area contributed by atoms with Gasteiger partial charge in [0.15, 0.2) is 0 Å². The monoisotopic (exact) mass is 309 g/mol. The maximum absolute atomic E-state index is 13.0. The average Bonchev–Trinajstić information content (AvgIpc) is 2.56. The molecule has 0 amide bonds. The molecule has 0 spiro atoms. The van der Waals surface area contributed by atoms with Gasteiger partial charge in [-0.25, -0.2) is 9.18 Å². The van der Waals surface area contributed by atoms with E-state index in [1.165, 1.54) is 19.2 Å². The predicted molar refractivity (Wildman–Crippen MR) is 87.0 cm³/mol. The van der Waals surface area contributed by atoms with Gasteiger partial charge in [0.2, 0.25) is 0 Å². The molecule has 4 heteroatoms. The molecule has 0 aliphatic heterocycles. The molecule has 0 bridgehead atoms. The van der Waals surface area contributed by atoms with Crippen molar-refractivity contribution in [3.63, 3.8) is 0 Å². The van der Waals surface area contributed by atoms with Crippen molar-refractivity contribution in [3.05, 3.63) is 76.7 Å². The van der Waals surface area contributed by atoms with Gasteiger partial charge in [0.05, 0.1) is 18.2 Å². The van der Waals surface area contributed by atoms with Gasteiger partial charge < -0.3 is 4.74 Å². The third-order valence-electron chi connectivity index (χ3n) is 3.89. The van der Waals surface area contributed by atoms with E-state index in [0.29, 0.717) is 12.0 Å². The van der Waals surface area contributed by atoms with Crippen molar-refractivity contribution in [2.45, 2.75) is 13.3 Å². The first kappa shape index (κ1) is 15.2. The third kappa shape index (κ3) is 3.06. The van der Waals surface area contributed by atoms with Crippen LogP contribution in [0.2, 0.25) is 0 Å². The van der Waals surface area contributed by atoms with Gasteiger partial charge in [-0.2, -0.15) is 0 Å². The zero-order chi connectivity index (χ0) is 16.4. The van der Waals surface area contributed by atoms with Crippen molar-refractivity contribution in [2.24, 2.45) is 0 Å². The summed E-state index contributed by atoms with van der Waals surface area (Å²) in [6.45, 7) is 1.86. The number of hydrogen-bond donors (Lipinski definition) is 0. The Morgan fingerprint density at radius 3 is 2.57 bits per heavy atom. The van der Waals surface area contributed by atoms with Crippen molar-refractivity contribution >= 4 is 16.9 Å². The zero-order valence-corrected chi connectivity index (χ0v) is 13.0. The van der Waals surface area contributed by atoms with E-state index in [-0.39, 0.29) is 11.8 Å². The molecule has 0 atom stereocenters. The average molecular weight is 309 g/mol. The minimum absolute atomic E-state index is 0.239. The number of aromatic nitrogens is 1. The van der Waals surface area contributed by atoms with Crippen LogP contribution in [0.5, 0.6) is 0 Å². The summed E-state index contributed by atoms with van der Waals surface area (Å²) in [5, 5.41) is 0.967. The third-order valence-corrected chi connectivity index (χ3v) is 3.89. The number of aryl methyl sites for hydroxylation is 1. The van der Waals surface area contributed by atoms with Gasteiger partial charge in [-0.05, 0) is 54.3 Å². The molecule has 3 nitrogen and oxygen atoms in total. The molecule has 0 saturated heterocycles. The minimum Gasteiger partial charge on any atom is -0.465 e. The van der Waals surface area contributed by atoms with E-state index in [0.717, 1.165) is 27.6 Å². The van der Waals surface area contributed by atoms with Gasteiger partial charge in [0.1, 0.15) is 5.82 Å². The Kier molecular flexibility index (Phi) is 4.06. The Morgan fingerprint density at radius 1 is 1.13 bits per heavy atom. The molecule has 0 N–H and O–H groups in total. The van der Waals surface area contributed by atoms with Gasteiger partial charge in [-0.15, -0.1) is 0 Å². The van der Waals surface area contributed by atoms with Crippen LogP contribution in [0.15, 0.2) is 48.7 Å². The number of carbonyl (C=O) groups is 1. The van der Waals surface area contributed by atoms with Crippen molar-refractivity contribution < 1.29 is 13.9 Å². The first-order valence-electron chi connectivity index (χ1n) is 7.29. The molecule has 0 unspecified atom stereocenters. The van der Waals surface area contributed by atoms with Crippen LogP contribution in [0.1, 0.15) is 27.0 Å². The van der Waals surface area contributed by atoms with Gasteiger partial charge in [-0.3, -0.25) is 4.98 Å². The number of pyridine rings is 1. The standard InChI is InChI=1S/C19H16FNO2/c1-12-17(19(22)23-2)8-5-15-10-14(11-21-18(12)15)9-13-3-6-16(20)7-4-13/h3-8,10-11H,9H2,1-2H3. The summed E-state index contributed by atoms with van der Waals surface area (Å²) < 4.78 is 17.7. The quantitative estimate of drug-likeness (QED) is 0.685. The highest BCUT2D eigenvalue weighted by atomic mass is 19.1. The number of nitrogens with zero attached hydrogens (tertiary/aromatic N) is 1. The van der Waals surface area contributed by atoms with Crippen LogP contribution in [0.4, 0.5) is 4.39 Å². The molecule has 0 saturated carbocycles. The first-order chi connectivity index (χ1) is 11.1. The summed E-state index contributed by atoms with van der Waals surface area (Å²) in [6.07, 6.45) is 2.47. The van der Waals surface area contributed by atoms with Crippen LogP contribution in [-0.4, -0.2) is 18.1 Å². The van der Waals surface area contributed by atoms with Crippen LogP contribution < -0.4 is 0 Å². The van der Waals surface area contributed by atoms with Crippen LogP contribution in [0, 0.1) is 12.7 Å². The van der Waals surface area contributed by atoms with Gasteiger partial charge in [-0.1, -0.05) is 18.2 Å². The Morgan fingerprint density at radius 2 is 1.87 bits per heavy atom. The highest BCUT2D eigenvalue weighted by Crippen LogP contribution is 2.22. The Bertz CT molecular complexity index is 872. The van der Waals surface area contributed by atoms with E-state index in [4.69, 9.17) is 4.74 Å². The Labute approximate surface area is 133 Å². The zero-order valence-electron chi connectivity index (χ0n) is 13.0. The summed E-state index contributed by atoms with van der Waals surface area (Å²) in [4.78, 5) is 16.2. The summed E-state index contributed by atoms with van der Waals surface area (Å²) in [5.74, 6) is -0.599. The number of carbonyl (C=O) groups excluding carboxylic acids is 1. The topological polar surface area (TPSA) is 39.2 Å². The van der Waals surface area contributed by atoms with E-state index in [1.807, 2.05) is 19.1 Å². The van der Waals surface area contributed by atoms with E-state index in [9.17, 15) is 9.18 Å². The maximum atomic E-state index is 13.0. The number of hydrogen-bond acceptors (Lipinski definition) is 3. The normalized spacial score (nSPS) is 10.7. The number of benzene rings is 2. The molecular formula is C19H16FNO2. The van der Waals surface area contributed by atoms with E-state index < -0.39 is 0 Å². The number of halogens is 1. The van der Waals surface area contributed by atoms with E-state index in [1.54, 1.807) is 24.4 Å². The van der Waals surface area contributed by atoms with Crippen molar-refractivity contribution in [1.82, 2.24) is 4.98 Å². The Balaban J connectivity index is 1.96. The Hall–Kier alpha value is -2.75. The predicted octanol–water partition coefficient (Wildman–Crippen LogP) is 4.06. The molecule has 3 rings (SSSR count). The highest BCUT2D eigenvalue weighted by Gasteiger charge is 2.12. The number of methoxy groups -OCH3 is 1. The first-order valence-corrected chi connectivity index (χ1v) is 7.29. The molecule has 0 aliphatic rings. The number of ether oxygens (including phenoxy) is 1. The number of fused-ring (bicyclic) bond motifs is 1. The molecule has 0 aliphatic carbocycles. The second-order valence-electron chi connectivity index (χ2n) is 5.45. The van der Waals surface area contributed by atoms with Gasteiger partial charge in [0, 0.05) is 11.6 Å². The largest absolute Gasteiger partial charge is 0.465 e. The van der Waals surface area contributed by atoms with Crippen molar-refractivity contribution in [1.29, 1.82) is 0 Å². The van der Waals surface area contributed by atoms with Crippen LogP contribution in [0.3, 0.4) is 0 Å². The number of rotatable bonds is 3. The lowest BCUT2D eigenvalue weighted by molar-refractivity contribution is 0.0600. The van der Waals surface area contributed by atoms with Crippen LogP contribution >= 0.6 is 0 Å².